The van der Waals surface area contributed by atoms with Crippen LogP contribution in [0.25, 0.3) is 0 Å². The number of nitrogens with zero attached hydrogens (tertiary/aromatic N) is 1. The van der Waals surface area contributed by atoms with E-state index in [9.17, 15) is 13.2 Å². The number of hydrogen-bond donors (Lipinski definition) is 1. The number of sulfonamides is 1. The molecule has 142 valence electrons. The van der Waals surface area contributed by atoms with Crippen LogP contribution in [0.4, 0.5) is 5.69 Å². The van der Waals surface area contributed by atoms with Crippen LogP contribution in [0.15, 0.2) is 47.4 Å². The Morgan fingerprint density at radius 3 is 2.78 bits per heavy atom. The van der Waals surface area contributed by atoms with Crippen LogP contribution in [0.2, 0.25) is 5.02 Å². The largest absolute Gasteiger partial charge is 0.454 e. The maximum atomic E-state index is 12.4. The number of benzene rings is 2. The van der Waals surface area contributed by atoms with E-state index in [1.807, 2.05) is 0 Å². The summed E-state index contributed by atoms with van der Waals surface area (Å²) in [5.74, 6) is 1.07. The molecule has 0 saturated carbocycles. The van der Waals surface area contributed by atoms with Crippen LogP contribution in [0.1, 0.15) is 6.42 Å². The third-order valence-corrected chi connectivity index (χ3v) is 6.20. The summed E-state index contributed by atoms with van der Waals surface area (Å²) in [7, 11) is -3.68. The minimum Gasteiger partial charge on any atom is -0.454 e. The molecule has 0 aromatic heterocycles. The first kappa shape index (κ1) is 18.1. The topological polar surface area (TPSA) is 84.9 Å². The molecular weight excluding hydrogens is 392 g/mol. The number of fused-ring (bicyclic) bond motifs is 1. The lowest BCUT2D eigenvalue weighted by molar-refractivity contribution is -0.117. The standard InChI is InChI=1S/C18H17ClN2O5S/c19-13-2-1-3-15(7-13)27(23,24)20-9-12-6-18(22)21(10-12)14-4-5-16-17(8-14)26-11-25-16/h1-5,7-8,12,20H,6,9-11H2/t12-/m0/s1. The molecule has 1 saturated heterocycles. The number of amides is 1. The fourth-order valence-electron chi connectivity index (χ4n) is 3.17. The van der Waals surface area contributed by atoms with Crippen LogP contribution in [-0.4, -0.2) is 34.2 Å². The van der Waals surface area contributed by atoms with Gasteiger partial charge in [0.2, 0.25) is 22.7 Å². The number of hydrogen-bond acceptors (Lipinski definition) is 5. The second-order valence-electron chi connectivity index (χ2n) is 6.42. The second kappa shape index (κ2) is 7.03. The van der Waals surface area contributed by atoms with Gasteiger partial charge in [-0.25, -0.2) is 13.1 Å². The molecule has 7 nitrogen and oxygen atoms in total. The van der Waals surface area contributed by atoms with Crippen molar-refractivity contribution < 1.29 is 22.7 Å². The molecule has 0 spiro atoms. The molecule has 1 N–H and O–H groups in total. The average Bonchev–Trinajstić information content (AvgIpc) is 3.25. The number of rotatable bonds is 5. The van der Waals surface area contributed by atoms with Gasteiger partial charge in [-0.2, -0.15) is 0 Å². The van der Waals surface area contributed by atoms with E-state index in [1.54, 1.807) is 35.2 Å². The summed E-state index contributed by atoms with van der Waals surface area (Å²) >= 11 is 5.86. The molecule has 2 aromatic rings. The van der Waals surface area contributed by atoms with Crippen molar-refractivity contribution >= 4 is 33.2 Å². The third-order valence-electron chi connectivity index (χ3n) is 4.54. The summed E-state index contributed by atoms with van der Waals surface area (Å²) in [5, 5.41) is 0.350. The Labute approximate surface area is 161 Å². The van der Waals surface area contributed by atoms with Gasteiger partial charge in [0.05, 0.1) is 4.90 Å². The lowest BCUT2D eigenvalue weighted by atomic mass is 10.1. The smallest absolute Gasteiger partial charge is 0.240 e. The minimum absolute atomic E-state index is 0.0548. The lowest BCUT2D eigenvalue weighted by Gasteiger charge is -2.17. The van der Waals surface area contributed by atoms with Gasteiger partial charge in [0.25, 0.3) is 0 Å². The predicted molar refractivity (Wildman–Crippen MR) is 99.7 cm³/mol. The van der Waals surface area contributed by atoms with E-state index in [0.29, 0.717) is 28.8 Å². The van der Waals surface area contributed by atoms with Crippen molar-refractivity contribution in [3.8, 4) is 11.5 Å². The van der Waals surface area contributed by atoms with Gasteiger partial charge in [0, 0.05) is 36.3 Å². The van der Waals surface area contributed by atoms with Crippen LogP contribution in [0.5, 0.6) is 11.5 Å². The van der Waals surface area contributed by atoms with Gasteiger partial charge >= 0.3 is 0 Å². The molecular formula is C18H17ClN2O5S. The number of carbonyl (C=O) groups is 1. The number of halogens is 1. The normalized spacial score (nSPS) is 18.9. The van der Waals surface area contributed by atoms with E-state index in [4.69, 9.17) is 21.1 Å². The summed E-state index contributed by atoms with van der Waals surface area (Å²) in [4.78, 5) is 14.1. The highest BCUT2D eigenvalue weighted by atomic mass is 35.5. The van der Waals surface area contributed by atoms with Crippen molar-refractivity contribution in [2.75, 3.05) is 24.8 Å². The Bertz CT molecular complexity index is 995. The molecule has 1 fully saturated rings. The fraction of sp³-hybridized carbons (Fsp3) is 0.278. The van der Waals surface area contributed by atoms with E-state index in [0.717, 1.165) is 0 Å². The van der Waals surface area contributed by atoms with Crippen molar-refractivity contribution in [2.24, 2.45) is 5.92 Å². The SMILES string of the molecule is O=C1C[C@@H](CNS(=O)(=O)c2cccc(Cl)c2)CN1c1ccc2c(c1)OCO2. The van der Waals surface area contributed by atoms with Gasteiger partial charge in [-0.3, -0.25) is 4.79 Å². The average molecular weight is 409 g/mol. The maximum absolute atomic E-state index is 12.4. The van der Waals surface area contributed by atoms with Gasteiger partial charge in [-0.05, 0) is 36.2 Å². The van der Waals surface area contributed by atoms with E-state index >= 15 is 0 Å². The molecule has 4 rings (SSSR count). The monoisotopic (exact) mass is 408 g/mol. The Morgan fingerprint density at radius 2 is 1.96 bits per heavy atom. The number of anilines is 1. The van der Waals surface area contributed by atoms with Crippen molar-refractivity contribution in [3.63, 3.8) is 0 Å². The Morgan fingerprint density at radius 1 is 1.15 bits per heavy atom. The van der Waals surface area contributed by atoms with Crippen LogP contribution in [-0.2, 0) is 14.8 Å². The summed E-state index contributed by atoms with van der Waals surface area (Å²) in [6.07, 6.45) is 0.270. The van der Waals surface area contributed by atoms with Crippen molar-refractivity contribution in [3.05, 3.63) is 47.5 Å². The van der Waals surface area contributed by atoms with Gasteiger partial charge in [-0.15, -0.1) is 0 Å². The van der Waals surface area contributed by atoms with Crippen LogP contribution < -0.4 is 19.1 Å². The van der Waals surface area contributed by atoms with Gasteiger partial charge in [-0.1, -0.05) is 17.7 Å². The Hall–Kier alpha value is -2.29. The molecule has 1 amide bonds. The van der Waals surface area contributed by atoms with E-state index in [2.05, 4.69) is 4.72 Å². The summed E-state index contributed by atoms with van der Waals surface area (Å²) < 4.78 is 38.0. The first-order valence-electron chi connectivity index (χ1n) is 8.37. The van der Waals surface area contributed by atoms with Gasteiger partial charge in [0.1, 0.15) is 0 Å². The first-order valence-corrected chi connectivity index (χ1v) is 10.2. The molecule has 0 unspecified atom stereocenters. The van der Waals surface area contributed by atoms with Gasteiger partial charge in [0.15, 0.2) is 11.5 Å². The van der Waals surface area contributed by atoms with E-state index < -0.39 is 10.0 Å². The first-order chi connectivity index (χ1) is 12.9. The Balaban J connectivity index is 1.42. The van der Waals surface area contributed by atoms with Crippen molar-refractivity contribution in [1.29, 1.82) is 0 Å². The molecule has 2 aliphatic rings. The van der Waals surface area contributed by atoms with Crippen molar-refractivity contribution in [2.45, 2.75) is 11.3 Å². The number of nitrogens with one attached hydrogen (secondary N) is 1. The quantitative estimate of drug-likeness (QED) is 0.821. The maximum Gasteiger partial charge on any atom is 0.240 e. The number of ether oxygens (including phenoxy) is 2. The highest BCUT2D eigenvalue weighted by Gasteiger charge is 2.32. The molecule has 0 bridgehead atoms. The van der Waals surface area contributed by atoms with Crippen LogP contribution in [0, 0.1) is 5.92 Å². The second-order valence-corrected chi connectivity index (χ2v) is 8.62. The van der Waals surface area contributed by atoms with Crippen molar-refractivity contribution in [1.82, 2.24) is 4.72 Å². The molecule has 1 atom stereocenters. The fourth-order valence-corrected chi connectivity index (χ4v) is 4.58. The highest BCUT2D eigenvalue weighted by molar-refractivity contribution is 7.89. The summed E-state index contributed by atoms with van der Waals surface area (Å²) in [6, 6.07) is 11.4. The van der Waals surface area contributed by atoms with E-state index in [1.165, 1.54) is 12.1 Å². The molecule has 2 heterocycles. The molecule has 2 aliphatic heterocycles. The zero-order valence-electron chi connectivity index (χ0n) is 14.2. The van der Waals surface area contributed by atoms with E-state index in [-0.39, 0.29) is 36.5 Å². The molecule has 0 aliphatic carbocycles. The molecule has 9 heteroatoms. The minimum atomic E-state index is -3.68. The van der Waals surface area contributed by atoms with Gasteiger partial charge < -0.3 is 14.4 Å². The Kier molecular flexibility index (Phi) is 4.71. The molecule has 2 aromatic carbocycles. The molecule has 27 heavy (non-hydrogen) atoms. The molecule has 0 radical (unpaired) electrons. The summed E-state index contributed by atoms with van der Waals surface area (Å²) in [5.41, 5.74) is 0.712. The number of carbonyl (C=O) groups excluding carboxylic acids is 1. The predicted octanol–water partition coefficient (Wildman–Crippen LogP) is 2.40. The zero-order chi connectivity index (χ0) is 19.0. The lowest BCUT2D eigenvalue weighted by Crippen LogP contribution is -2.31. The third kappa shape index (κ3) is 3.73. The highest BCUT2D eigenvalue weighted by Crippen LogP contribution is 2.37. The zero-order valence-corrected chi connectivity index (χ0v) is 15.8. The van der Waals surface area contributed by atoms with Crippen LogP contribution in [0.3, 0.4) is 0 Å². The summed E-state index contributed by atoms with van der Waals surface area (Å²) in [6.45, 7) is 0.763. The van der Waals surface area contributed by atoms with Crippen LogP contribution >= 0.6 is 11.6 Å².